The number of hydrogen-bond donors (Lipinski definition) is 5. The number of para-hydroxylation sites is 1. The number of hydrogen-bond acceptors (Lipinski definition) is 6. The number of amidine groups is 1. The maximum absolute atomic E-state index is 12.0. The highest BCUT2D eigenvalue weighted by Crippen LogP contribution is 2.37. The number of carbonyl (C=O) groups is 1. The molecule has 9 heteroatoms. The molecule has 1 amide bonds. The number of amides is 1. The van der Waals surface area contributed by atoms with Gasteiger partial charge < -0.3 is 31.2 Å². The Hall–Kier alpha value is -3.59. The van der Waals surface area contributed by atoms with E-state index in [2.05, 4.69) is 9.97 Å². The zero-order valence-corrected chi connectivity index (χ0v) is 16.4. The third kappa shape index (κ3) is 3.67. The quantitative estimate of drug-likeness (QED) is 0.308. The highest BCUT2D eigenvalue weighted by atomic mass is 16.5. The van der Waals surface area contributed by atoms with Crippen molar-refractivity contribution < 1.29 is 14.6 Å². The molecule has 1 unspecified atom stereocenters. The lowest BCUT2D eigenvalue weighted by molar-refractivity contribution is -0.131. The average Bonchev–Trinajstić information content (AvgIpc) is 3.38. The molecule has 30 heavy (non-hydrogen) atoms. The second-order valence-electron chi connectivity index (χ2n) is 7.28. The Morgan fingerprint density at radius 2 is 2.20 bits per heavy atom. The van der Waals surface area contributed by atoms with Gasteiger partial charge in [0.1, 0.15) is 18.3 Å². The minimum absolute atomic E-state index is 0.0192. The van der Waals surface area contributed by atoms with E-state index in [1.54, 1.807) is 41.3 Å². The van der Waals surface area contributed by atoms with Crippen LogP contribution in [0.15, 0.2) is 36.4 Å². The highest BCUT2D eigenvalue weighted by Gasteiger charge is 2.28. The Morgan fingerprint density at radius 1 is 1.37 bits per heavy atom. The third-order valence-corrected chi connectivity index (χ3v) is 5.35. The van der Waals surface area contributed by atoms with Gasteiger partial charge in [0, 0.05) is 12.1 Å². The first-order chi connectivity index (χ1) is 14.5. The van der Waals surface area contributed by atoms with Crippen molar-refractivity contribution in [1.82, 2.24) is 14.9 Å². The minimum atomic E-state index is -0.0914. The molecule has 2 aromatic carbocycles. The third-order valence-electron chi connectivity index (χ3n) is 5.35. The minimum Gasteiger partial charge on any atom is -0.504 e. The highest BCUT2D eigenvalue weighted by molar-refractivity contribution is 5.98. The molecule has 3 aromatic rings. The van der Waals surface area contributed by atoms with Gasteiger partial charge in [-0.25, -0.2) is 4.98 Å². The lowest BCUT2D eigenvalue weighted by Crippen LogP contribution is -2.42. The second kappa shape index (κ2) is 8.03. The molecule has 1 saturated heterocycles. The summed E-state index contributed by atoms with van der Waals surface area (Å²) in [5, 5.41) is 18.3. The number of nitrogens with zero attached hydrogens (tertiary/aromatic N) is 2. The molecule has 1 aliphatic rings. The van der Waals surface area contributed by atoms with Crippen molar-refractivity contribution in [1.29, 1.82) is 5.41 Å². The Kier molecular flexibility index (Phi) is 5.28. The van der Waals surface area contributed by atoms with Crippen LogP contribution in [0.1, 0.15) is 18.4 Å². The number of aromatic nitrogens is 2. The number of phenols is 1. The number of fused-ring (bicyclic) bond motifs is 1. The number of nitrogens with two attached hydrogens (primary N) is 2. The van der Waals surface area contributed by atoms with Crippen LogP contribution in [0.3, 0.4) is 0 Å². The lowest BCUT2D eigenvalue weighted by Gasteiger charge is -2.24. The summed E-state index contributed by atoms with van der Waals surface area (Å²) in [4.78, 5) is 21.4. The van der Waals surface area contributed by atoms with Crippen LogP contribution in [-0.4, -0.2) is 57.5 Å². The van der Waals surface area contributed by atoms with E-state index in [-0.39, 0.29) is 36.7 Å². The molecule has 1 aromatic heterocycles. The number of aromatic hydroxyl groups is 1. The standard InChI is InChI=1S/C21H24N6O3/c22-10-18(28)27-8-2-3-13(27)11-30-17-5-1-4-14(19(17)29)21-25-15-7-6-12(20(23)24)9-16(15)26-21/h1,4-7,9,13,29H,2-3,8,10-11,22H2,(H3,23,24)(H,25,26). The lowest BCUT2D eigenvalue weighted by atomic mass is 10.1. The normalized spacial score (nSPS) is 16.2. The van der Waals surface area contributed by atoms with Crippen molar-refractivity contribution in [3.63, 3.8) is 0 Å². The smallest absolute Gasteiger partial charge is 0.236 e. The van der Waals surface area contributed by atoms with E-state index in [1.807, 2.05) is 0 Å². The predicted molar refractivity (Wildman–Crippen MR) is 113 cm³/mol. The SMILES string of the molecule is N=C(N)c1ccc2nc(-c3cccc(OCC4CCCN4C(=O)CN)c3O)[nH]c2c1. The van der Waals surface area contributed by atoms with Crippen LogP contribution in [0.2, 0.25) is 0 Å². The molecule has 0 radical (unpaired) electrons. The Morgan fingerprint density at radius 3 is 2.97 bits per heavy atom. The number of ether oxygens (including phenoxy) is 1. The van der Waals surface area contributed by atoms with Gasteiger partial charge in [-0.15, -0.1) is 0 Å². The first kappa shape index (κ1) is 19.7. The van der Waals surface area contributed by atoms with Gasteiger partial charge in [0.25, 0.3) is 0 Å². The van der Waals surface area contributed by atoms with Gasteiger partial charge in [-0.05, 0) is 43.2 Å². The molecule has 0 bridgehead atoms. The number of nitrogens with one attached hydrogen (secondary N) is 2. The van der Waals surface area contributed by atoms with Crippen LogP contribution in [0.25, 0.3) is 22.4 Å². The maximum atomic E-state index is 12.0. The summed E-state index contributed by atoms with van der Waals surface area (Å²) in [5.74, 6) is 0.656. The summed E-state index contributed by atoms with van der Waals surface area (Å²) in [5.41, 5.74) is 13.5. The van der Waals surface area contributed by atoms with E-state index in [1.165, 1.54) is 0 Å². The molecular weight excluding hydrogens is 384 g/mol. The number of aromatic amines is 1. The number of imidazole rings is 1. The van der Waals surface area contributed by atoms with Gasteiger partial charge in [-0.3, -0.25) is 10.2 Å². The van der Waals surface area contributed by atoms with E-state index in [4.69, 9.17) is 21.6 Å². The predicted octanol–water partition coefficient (Wildman–Crippen LogP) is 1.55. The van der Waals surface area contributed by atoms with Crippen molar-refractivity contribution in [3.05, 3.63) is 42.0 Å². The van der Waals surface area contributed by atoms with E-state index in [0.29, 0.717) is 40.3 Å². The number of nitrogen functional groups attached to an aromatic ring is 1. The average molecular weight is 408 g/mol. The van der Waals surface area contributed by atoms with E-state index < -0.39 is 0 Å². The molecule has 156 valence electrons. The number of carbonyl (C=O) groups excluding carboxylic acids is 1. The van der Waals surface area contributed by atoms with E-state index >= 15 is 0 Å². The van der Waals surface area contributed by atoms with Crippen molar-refractivity contribution in [3.8, 4) is 22.9 Å². The van der Waals surface area contributed by atoms with Crippen LogP contribution in [0.4, 0.5) is 0 Å². The summed E-state index contributed by atoms with van der Waals surface area (Å²) < 4.78 is 5.86. The van der Waals surface area contributed by atoms with Crippen LogP contribution in [0.5, 0.6) is 11.5 Å². The zero-order chi connectivity index (χ0) is 21.3. The summed E-state index contributed by atoms with van der Waals surface area (Å²) in [7, 11) is 0. The first-order valence-corrected chi connectivity index (χ1v) is 9.76. The zero-order valence-electron chi connectivity index (χ0n) is 16.4. The first-order valence-electron chi connectivity index (χ1n) is 9.76. The monoisotopic (exact) mass is 408 g/mol. The van der Waals surface area contributed by atoms with Gasteiger partial charge in [0.15, 0.2) is 11.5 Å². The van der Waals surface area contributed by atoms with E-state index in [0.717, 1.165) is 12.8 Å². The molecule has 0 spiro atoms. The fourth-order valence-corrected chi connectivity index (χ4v) is 3.78. The van der Waals surface area contributed by atoms with Crippen LogP contribution in [-0.2, 0) is 4.79 Å². The van der Waals surface area contributed by atoms with Crippen LogP contribution in [0, 0.1) is 5.41 Å². The van der Waals surface area contributed by atoms with Crippen molar-refractivity contribution in [2.24, 2.45) is 11.5 Å². The van der Waals surface area contributed by atoms with Gasteiger partial charge in [0.2, 0.25) is 5.91 Å². The maximum Gasteiger partial charge on any atom is 0.236 e. The second-order valence-corrected chi connectivity index (χ2v) is 7.28. The van der Waals surface area contributed by atoms with Gasteiger partial charge in [-0.2, -0.15) is 0 Å². The number of H-pyrrole nitrogens is 1. The summed E-state index contributed by atoms with van der Waals surface area (Å²) >= 11 is 0. The summed E-state index contributed by atoms with van der Waals surface area (Å²) in [6, 6.07) is 10.4. The molecule has 0 aliphatic carbocycles. The molecule has 2 heterocycles. The number of rotatable bonds is 6. The summed E-state index contributed by atoms with van der Waals surface area (Å²) in [6.45, 7) is 0.941. The fraction of sp³-hybridized carbons (Fsp3) is 0.286. The van der Waals surface area contributed by atoms with Gasteiger partial charge in [-0.1, -0.05) is 6.07 Å². The van der Waals surface area contributed by atoms with Crippen molar-refractivity contribution in [2.75, 3.05) is 19.7 Å². The van der Waals surface area contributed by atoms with Gasteiger partial charge >= 0.3 is 0 Å². The van der Waals surface area contributed by atoms with Crippen molar-refractivity contribution >= 4 is 22.8 Å². The van der Waals surface area contributed by atoms with E-state index in [9.17, 15) is 9.90 Å². The number of likely N-dealkylation sites (tertiary alicyclic amines) is 1. The molecule has 7 N–H and O–H groups in total. The fourth-order valence-electron chi connectivity index (χ4n) is 3.78. The molecular formula is C21H24N6O3. The number of benzene rings is 2. The van der Waals surface area contributed by atoms with Gasteiger partial charge in [0.05, 0.1) is 29.2 Å². The Balaban J connectivity index is 1.56. The molecule has 4 rings (SSSR count). The molecule has 1 aliphatic heterocycles. The van der Waals surface area contributed by atoms with Crippen molar-refractivity contribution in [2.45, 2.75) is 18.9 Å². The molecule has 0 saturated carbocycles. The topological polar surface area (TPSA) is 154 Å². The largest absolute Gasteiger partial charge is 0.504 e. The van der Waals surface area contributed by atoms with Crippen LogP contribution < -0.4 is 16.2 Å². The van der Waals surface area contributed by atoms with Crippen LogP contribution >= 0.6 is 0 Å². The molecule has 1 fully saturated rings. The molecule has 1 atom stereocenters. The summed E-state index contributed by atoms with van der Waals surface area (Å²) in [6.07, 6.45) is 1.75. The Bertz CT molecular complexity index is 1110. The number of phenolic OH excluding ortho intramolecular Hbond substituents is 1. The molecule has 9 nitrogen and oxygen atoms in total. The Labute approximate surface area is 173 Å².